The van der Waals surface area contributed by atoms with E-state index < -0.39 is 18.8 Å². The summed E-state index contributed by atoms with van der Waals surface area (Å²) in [6.45, 7) is 1.32. The van der Waals surface area contributed by atoms with Crippen LogP contribution < -0.4 is 5.56 Å². The van der Waals surface area contributed by atoms with E-state index in [1.807, 2.05) is 0 Å². The van der Waals surface area contributed by atoms with Crippen LogP contribution >= 0.6 is 12.2 Å². The van der Waals surface area contributed by atoms with E-state index in [4.69, 9.17) is 12.2 Å². The van der Waals surface area contributed by atoms with Gasteiger partial charge >= 0.3 is 0 Å². The van der Waals surface area contributed by atoms with E-state index >= 15 is 0 Å². The normalized spacial score (nSPS) is 14.8. The van der Waals surface area contributed by atoms with E-state index in [0.29, 0.717) is 11.0 Å². The maximum atomic E-state index is 12.7. The summed E-state index contributed by atoms with van der Waals surface area (Å²) >= 11 is 5.04. The van der Waals surface area contributed by atoms with E-state index in [0.717, 1.165) is 0 Å². The molecule has 2 unspecified atom stereocenters. The zero-order valence-corrected chi connectivity index (χ0v) is 11.2. The molecule has 2 rings (SSSR count). The number of nitrogens with zero attached hydrogens (tertiary/aromatic N) is 1. The molecular weight excluding hydrogens is 295 g/mol. The quantitative estimate of drug-likeness (QED) is 0.834. The smallest absolute Gasteiger partial charge is 0.293 e. The van der Waals surface area contributed by atoms with Gasteiger partial charge in [-0.25, -0.2) is 13.2 Å². The summed E-state index contributed by atoms with van der Waals surface area (Å²) in [7, 11) is 0. The first kappa shape index (κ1) is 14.8. The third-order valence-electron chi connectivity index (χ3n) is 2.79. The Kier molecular flexibility index (Phi) is 4.29. The molecule has 0 spiro atoms. The summed E-state index contributed by atoms with van der Waals surface area (Å²) in [6.07, 6.45) is -4.29. The van der Waals surface area contributed by atoms with Gasteiger partial charge in [0.2, 0.25) is 0 Å². The standard InChI is InChI=1S/C11H12F3N3O2S/c1-5(4-19-9(14)8(12)13)17-6-2-3-15-7(6)10(18)16-11(17)20/h2-3,5,8-9,15H,4H2,1H3,(H,16,18,20). The Bertz CT molecular complexity index is 709. The minimum Gasteiger partial charge on any atom is -0.355 e. The van der Waals surface area contributed by atoms with Gasteiger partial charge in [0.05, 0.1) is 18.2 Å². The second kappa shape index (κ2) is 5.80. The number of ether oxygens (including phenoxy) is 1. The van der Waals surface area contributed by atoms with E-state index in [1.165, 1.54) is 4.57 Å². The van der Waals surface area contributed by atoms with Gasteiger partial charge in [0.25, 0.3) is 18.3 Å². The Hall–Kier alpha value is -1.61. The van der Waals surface area contributed by atoms with Crippen molar-refractivity contribution in [2.24, 2.45) is 0 Å². The Morgan fingerprint density at radius 1 is 1.45 bits per heavy atom. The molecular formula is C11H12F3N3O2S. The van der Waals surface area contributed by atoms with Crippen LogP contribution in [0.1, 0.15) is 13.0 Å². The van der Waals surface area contributed by atoms with Crippen molar-refractivity contribution >= 4 is 23.3 Å². The van der Waals surface area contributed by atoms with Crippen LogP contribution in [0.2, 0.25) is 0 Å². The lowest BCUT2D eigenvalue weighted by molar-refractivity contribution is -0.133. The molecule has 20 heavy (non-hydrogen) atoms. The van der Waals surface area contributed by atoms with E-state index in [1.54, 1.807) is 19.2 Å². The first-order chi connectivity index (χ1) is 9.41. The molecule has 2 aromatic heterocycles. The number of hydrogen-bond donors (Lipinski definition) is 2. The van der Waals surface area contributed by atoms with Gasteiger partial charge in [-0.05, 0) is 25.2 Å². The number of halogens is 3. The van der Waals surface area contributed by atoms with Crippen molar-refractivity contribution in [3.63, 3.8) is 0 Å². The Morgan fingerprint density at radius 3 is 2.80 bits per heavy atom. The predicted octanol–water partition coefficient (Wildman–Crippen LogP) is 2.53. The molecule has 0 aliphatic rings. The highest BCUT2D eigenvalue weighted by Gasteiger charge is 2.21. The van der Waals surface area contributed by atoms with Gasteiger partial charge in [-0.15, -0.1) is 0 Å². The average Bonchev–Trinajstić information content (AvgIpc) is 2.85. The van der Waals surface area contributed by atoms with Crippen LogP contribution in [0, 0.1) is 4.77 Å². The van der Waals surface area contributed by atoms with Crippen LogP contribution in [0.15, 0.2) is 17.1 Å². The number of alkyl halides is 3. The molecule has 0 fully saturated rings. The third kappa shape index (κ3) is 2.78. The topological polar surface area (TPSA) is 62.8 Å². The number of H-pyrrole nitrogens is 2. The largest absolute Gasteiger partial charge is 0.355 e. The van der Waals surface area contributed by atoms with Crippen LogP contribution in [-0.2, 0) is 4.74 Å². The molecule has 0 saturated carbocycles. The predicted molar refractivity (Wildman–Crippen MR) is 69.3 cm³/mol. The number of nitrogens with one attached hydrogen (secondary N) is 2. The molecule has 0 aliphatic heterocycles. The zero-order valence-electron chi connectivity index (χ0n) is 10.4. The summed E-state index contributed by atoms with van der Waals surface area (Å²) in [5.41, 5.74) is 0.425. The fourth-order valence-electron chi connectivity index (χ4n) is 1.89. The van der Waals surface area contributed by atoms with Crippen LogP contribution in [0.4, 0.5) is 13.2 Å². The molecule has 2 atom stereocenters. The number of rotatable bonds is 5. The highest BCUT2D eigenvalue weighted by Crippen LogP contribution is 2.17. The molecule has 110 valence electrons. The second-order valence-corrected chi connectivity index (χ2v) is 4.62. The fourth-order valence-corrected chi connectivity index (χ4v) is 2.26. The zero-order chi connectivity index (χ0) is 14.9. The first-order valence-corrected chi connectivity index (χ1v) is 6.18. The van der Waals surface area contributed by atoms with Crippen LogP contribution in [0.3, 0.4) is 0 Å². The van der Waals surface area contributed by atoms with Crippen molar-refractivity contribution in [1.29, 1.82) is 0 Å². The molecule has 0 bridgehead atoms. The number of hydrogen-bond acceptors (Lipinski definition) is 3. The Balaban J connectivity index is 2.31. The molecule has 9 heteroatoms. The Morgan fingerprint density at radius 2 is 2.15 bits per heavy atom. The molecule has 5 nitrogen and oxygen atoms in total. The molecule has 2 N–H and O–H groups in total. The van der Waals surface area contributed by atoms with Crippen molar-refractivity contribution < 1.29 is 17.9 Å². The minimum atomic E-state index is -3.20. The third-order valence-corrected chi connectivity index (χ3v) is 3.09. The monoisotopic (exact) mass is 307 g/mol. The van der Waals surface area contributed by atoms with Crippen molar-refractivity contribution in [3.05, 3.63) is 27.4 Å². The molecule has 0 saturated heterocycles. The highest BCUT2D eigenvalue weighted by molar-refractivity contribution is 7.71. The lowest BCUT2D eigenvalue weighted by Gasteiger charge is -2.18. The fraction of sp³-hybridized carbons (Fsp3) is 0.455. The second-order valence-electron chi connectivity index (χ2n) is 4.24. The SMILES string of the molecule is CC(COC(F)C(F)F)n1c(=S)[nH]c(=O)c2[nH]ccc21. The van der Waals surface area contributed by atoms with Gasteiger partial charge in [-0.3, -0.25) is 9.78 Å². The lowest BCUT2D eigenvalue weighted by Crippen LogP contribution is -2.24. The molecule has 2 heterocycles. The summed E-state index contributed by atoms with van der Waals surface area (Å²) in [5, 5.41) is 0. The molecule has 0 amide bonds. The van der Waals surface area contributed by atoms with Gasteiger partial charge in [0.15, 0.2) is 4.77 Å². The van der Waals surface area contributed by atoms with Crippen molar-refractivity contribution in [2.75, 3.05) is 6.61 Å². The lowest BCUT2D eigenvalue weighted by atomic mass is 10.3. The van der Waals surface area contributed by atoms with E-state index in [2.05, 4.69) is 14.7 Å². The Labute approximate surface area is 116 Å². The summed E-state index contributed by atoms with van der Waals surface area (Å²) in [6, 6.07) is 1.10. The van der Waals surface area contributed by atoms with Crippen LogP contribution in [0.25, 0.3) is 11.0 Å². The summed E-state index contributed by atoms with van der Waals surface area (Å²) < 4.78 is 42.9. The summed E-state index contributed by atoms with van der Waals surface area (Å²) in [5.74, 6) is 0. The van der Waals surface area contributed by atoms with Crippen LogP contribution in [-0.4, -0.2) is 33.9 Å². The number of aromatic nitrogens is 3. The van der Waals surface area contributed by atoms with Crippen molar-refractivity contribution in [1.82, 2.24) is 14.5 Å². The van der Waals surface area contributed by atoms with Gasteiger partial charge < -0.3 is 14.3 Å². The number of fused-ring (bicyclic) bond motifs is 1. The van der Waals surface area contributed by atoms with Crippen molar-refractivity contribution in [2.45, 2.75) is 25.7 Å². The molecule has 0 radical (unpaired) electrons. The molecule has 0 aromatic carbocycles. The van der Waals surface area contributed by atoms with Gasteiger partial charge in [0.1, 0.15) is 5.52 Å². The van der Waals surface area contributed by atoms with Crippen molar-refractivity contribution in [3.8, 4) is 0 Å². The first-order valence-electron chi connectivity index (χ1n) is 5.77. The van der Waals surface area contributed by atoms with Crippen LogP contribution in [0.5, 0.6) is 0 Å². The molecule has 0 aliphatic carbocycles. The van der Waals surface area contributed by atoms with Gasteiger partial charge in [0, 0.05) is 6.20 Å². The number of aromatic amines is 2. The maximum Gasteiger partial charge on any atom is 0.293 e. The maximum absolute atomic E-state index is 12.7. The van der Waals surface area contributed by atoms with Gasteiger partial charge in [-0.1, -0.05) is 0 Å². The minimum absolute atomic E-state index is 0.116. The molecule has 2 aromatic rings. The highest BCUT2D eigenvalue weighted by atomic mass is 32.1. The summed E-state index contributed by atoms with van der Waals surface area (Å²) in [4.78, 5) is 16.8. The van der Waals surface area contributed by atoms with E-state index in [9.17, 15) is 18.0 Å². The van der Waals surface area contributed by atoms with E-state index in [-0.39, 0.29) is 16.9 Å². The van der Waals surface area contributed by atoms with Gasteiger partial charge in [-0.2, -0.15) is 0 Å². The average molecular weight is 307 g/mol.